The highest BCUT2D eigenvalue weighted by molar-refractivity contribution is 6.17. The lowest BCUT2D eigenvalue weighted by atomic mass is 10.0. The molecule has 1 amide bonds. The Kier molecular flexibility index (Phi) is 4.28. The highest BCUT2D eigenvalue weighted by Crippen LogP contribution is 2.67. The standard InChI is InChI=1S/C13H24ClNO/c1-12(2)10(13(12,3)4)9-15-11(16)7-5-6-8-14/h10H,5-9H2,1-4H3,(H,15,16). The van der Waals surface area contributed by atoms with E-state index in [1.165, 1.54) is 0 Å². The Labute approximate surface area is 104 Å². The van der Waals surface area contributed by atoms with Crippen molar-refractivity contribution in [2.45, 2.75) is 47.0 Å². The van der Waals surface area contributed by atoms with Gasteiger partial charge < -0.3 is 5.32 Å². The van der Waals surface area contributed by atoms with Gasteiger partial charge in [-0.2, -0.15) is 0 Å². The van der Waals surface area contributed by atoms with Crippen LogP contribution < -0.4 is 5.32 Å². The van der Waals surface area contributed by atoms with Crippen molar-refractivity contribution in [1.82, 2.24) is 5.32 Å². The molecule has 94 valence electrons. The van der Waals surface area contributed by atoms with Crippen LogP contribution in [0.1, 0.15) is 47.0 Å². The number of nitrogens with one attached hydrogen (secondary N) is 1. The minimum Gasteiger partial charge on any atom is -0.356 e. The minimum absolute atomic E-state index is 0.170. The summed E-state index contributed by atoms with van der Waals surface area (Å²) in [5.74, 6) is 1.43. The van der Waals surface area contributed by atoms with E-state index in [1.807, 2.05) is 0 Å². The fourth-order valence-corrected chi connectivity index (χ4v) is 2.72. The Morgan fingerprint density at radius 2 is 1.75 bits per heavy atom. The number of unbranched alkanes of at least 4 members (excludes halogenated alkanes) is 1. The molecule has 3 heteroatoms. The van der Waals surface area contributed by atoms with E-state index in [4.69, 9.17) is 11.6 Å². The molecular weight excluding hydrogens is 222 g/mol. The summed E-state index contributed by atoms with van der Waals surface area (Å²) in [7, 11) is 0. The second-order valence-electron chi connectivity index (χ2n) is 5.95. The molecule has 0 unspecified atom stereocenters. The van der Waals surface area contributed by atoms with E-state index >= 15 is 0 Å². The Hall–Kier alpha value is -0.240. The molecule has 0 aromatic carbocycles. The summed E-state index contributed by atoms with van der Waals surface area (Å²) in [5.41, 5.74) is 0.715. The molecule has 1 fully saturated rings. The van der Waals surface area contributed by atoms with Crippen molar-refractivity contribution in [2.24, 2.45) is 16.7 Å². The molecule has 1 rings (SSSR count). The van der Waals surface area contributed by atoms with Crippen LogP contribution in [0.4, 0.5) is 0 Å². The Balaban J connectivity index is 2.19. The van der Waals surface area contributed by atoms with Crippen molar-refractivity contribution in [2.75, 3.05) is 12.4 Å². The summed E-state index contributed by atoms with van der Waals surface area (Å²) < 4.78 is 0. The maximum Gasteiger partial charge on any atom is 0.220 e. The zero-order valence-electron chi connectivity index (χ0n) is 10.9. The van der Waals surface area contributed by atoms with E-state index < -0.39 is 0 Å². The quantitative estimate of drug-likeness (QED) is 0.565. The molecule has 0 radical (unpaired) electrons. The monoisotopic (exact) mass is 245 g/mol. The van der Waals surface area contributed by atoms with E-state index in [0.29, 0.717) is 29.0 Å². The normalized spacial score (nSPS) is 21.8. The SMILES string of the molecule is CC1(C)C(CNC(=O)CCCCCl)C1(C)C. The molecule has 16 heavy (non-hydrogen) atoms. The predicted octanol–water partition coefficient (Wildman–Crippen LogP) is 3.19. The number of carbonyl (C=O) groups is 1. The zero-order valence-corrected chi connectivity index (χ0v) is 11.7. The van der Waals surface area contributed by atoms with Crippen LogP contribution in [0, 0.1) is 16.7 Å². The molecule has 0 aliphatic heterocycles. The lowest BCUT2D eigenvalue weighted by Gasteiger charge is -2.05. The number of halogens is 1. The van der Waals surface area contributed by atoms with Gasteiger partial charge in [-0.05, 0) is 29.6 Å². The van der Waals surface area contributed by atoms with Crippen molar-refractivity contribution < 1.29 is 4.79 Å². The number of amides is 1. The third kappa shape index (κ3) is 2.71. The Morgan fingerprint density at radius 1 is 1.19 bits per heavy atom. The summed E-state index contributed by atoms with van der Waals surface area (Å²) >= 11 is 5.57. The first kappa shape index (κ1) is 13.8. The second kappa shape index (κ2) is 4.95. The van der Waals surface area contributed by atoms with Crippen molar-refractivity contribution in [3.8, 4) is 0 Å². The lowest BCUT2D eigenvalue weighted by molar-refractivity contribution is -0.121. The van der Waals surface area contributed by atoms with Gasteiger partial charge in [-0.3, -0.25) is 4.79 Å². The Bertz CT molecular complexity index is 247. The molecule has 1 saturated carbocycles. The molecule has 1 aliphatic rings. The largest absolute Gasteiger partial charge is 0.356 e. The Morgan fingerprint density at radius 3 is 2.19 bits per heavy atom. The van der Waals surface area contributed by atoms with Gasteiger partial charge in [0.05, 0.1) is 0 Å². The molecular formula is C13H24ClNO. The maximum atomic E-state index is 11.5. The second-order valence-corrected chi connectivity index (χ2v) is 6.32. The van der Waals surface area contributed by atoms with Crippen molar-refractivity contribution in [1.29, 1.82) is 0 Å². The van der Waals surface area contributed by atoms with Crippen LogP contribution in [0.2, 0.25) is 0 Å². The van der Waals surface area contributed by atoms with E-state index in [2.05, 4.69) is 33.0 Å². The summed E-state index contributed by atoms with van der Waals surface area (Å²) in [6.07, 6.45) is 2.43. The zero-order chi connectivity index (χ0) is 12.4. The summed E-state index contributed by atoms with van der Waals surface area (Å²) in [5, 5.41) is 3.03. The van der Waals surface area contributed by atoms with Gasteiger partial charge in [0.1, 0.15) is 0 Å². The highest BCUT2D eigenvalue weighted by Gasteiger charge is 2.64. The molecule has 0 aromatic rings. The number of carbonyl (C=O) groups excluding carboxylic acids is 1. The molecule has 0 bridgehead atoms. The van der Waals surface area contributed by atoms with Crippen LogP contribution in [0.25, 0.3) is 0 Å². The van der Waals surface area contributed by atoms with Gasteiger partial charge in [-0.15, -0.1) is 11.6 Å². The summed E-state index contributed by atoms with van der Waals surface area (Å²) in [6, 6.07) is 0. The fourth-order valence-electron chi connectivity index (χ4n) is 2.53. The smallest absolute Gasteiger partial charge is 0.220 e. The third-order valence-corrected chi connectivity index (χ3v) is 4.88. The van der Waals surface area contributed by atoms with Crippen LogP contribution in [0.15, 0.2) is 0 Å². The first-order chi connectivity index (χ1) is 7.34. The van der Waals surface area contributed by atoms with Gasteiger partial charge in [-0.25, -0.2) is 0 Å². The highest BCUT2D eigenvalue weighted by atomic mass is 35.5. The molecule has 0 spiro atoms. The predicted molar refractivity (Wildman–Crippen MR) is 68.6 cm³/mol. The number of hydrogen-bond acceptors (Lipinski definition) is 1. The summed E-state index contributed by atoms with van der Waals surface area (Å²) in [6.45, 7) is 9.92. The van der Waals surface area contributed by atoms with Crippen LogP contribution in [0.3, 0.4) is 0 Å². The number of rotatable bonds is 6. The van der Waals surface area contributed by atoms with Crippen LogP contribution in [0.5, 0.6) is 0 Å². The van der Waals surface area contributed by atoms with Crippen LogP contribution in [-0.2, 0) is 4.79 Å². The summed E-state index contributed by atoms with van der Waals surface area (Å²) in [4.78, 5) is 11.5. The average Bonchev–Trinajstić information content (AvgIpc) is 2.55. The minimum atomic E-state index is 0.170. The maximum absolute atomic E-state index is 11.5. The topological polar surface area (TPSA) is 29.1 Å². The lowest BCUT2D eigenvalue weighted by Crippen LogP contribution is -2.26. The van der Waals surface area contributed by atoms with Gasteiger partial charge in [0.25, 0.3) is 0 Å². The van der Waals surface area contributed by atoms with Crippen LogP contribution >= 0.6 is 11.6 Å². The third-order valence-electron chi connectivity index (χ3n) is 4.61. The molecule has 1 aliphatic carbocycles. The number of hydrogen-bond donors (Lipinski definition) is 1. The molecule has 0 atom stereocenters. The first-order valence-corrected chi connectivity index (χ1v) is 6.70. The van der Waals surface area contributed by atoms with Gasteiger partial charge in [0.2, 0.25) is 5.91 Å². The van der Waals surface area contributed by atoms with Crippen molar-refractivity contribution >= 4 is 17.5 Å². The van der Waals surface area contributed by atoms with Crippen LogP contribution in [-0.4, -0.2) is 18.3 Å². The molecule has 1 N–H and O–H groups in total. The van der Waals surface area contributed by atoms with E-state index in [0.717, 1.165) is 19.4 Å². The molecule has 0 aromatic heterocycles. The fraction of sp³-hybridized carbons (Fsp3) is 0.923. The molecule has 0 saturated heterocycles. The first-order valence-electron chi connectivity index (χ1n) is 6.16. The van der Waals surface area contributed by atoms with Crippen molar-refractivity contribution in [3.63, 3.8) is 0 Å². The number of alkyl halides is 1. The molecule has 0 heterocycles. The van der Waals surface area contributed by atoms with E-state index in [-0.39, 0.29) is 5.91 Å². The van der Waals surface area contributed by atoms with Gasteiger partial charge >= 0.3 is 0 Å². The van der Waals surface area contributed by atoms with Gasteiger partial charge in [0, 0.05) is 18.8 Å². The van der Waals surface area contributed by atoms with Gasteiger partial charge in [-0.1, -0.05) is 27.7 Å². The molecule has 2 nitrogen and oxygen atoms in total. The van der Waals surface area contributed by atoms with Gasteiger partial charge in [0.15, 0.2) is 0 Å². The average molecular weight is 246 g/mol. The van der Waals surface area contributed by atoms with E-state index in [9.17, 15) is 4.79 Å². The van der Waals surface area contributed by atoms with Crippen molar-refractivity contribution in [3.05, 3.63) is 0 Å². The van der Waals surface area contributed by atoms with E-state index in [1.54, 1.807) is 0 Å².